The number of fused-ring (bicyclic) bond motifs is 2. The normalized spacial score (nSPS) is 24.6. The molecular formula is C20H28N6O2. The van der Waals surface area contributed by atoms with Crippen molar-refractivity contribution in [1.29, 1.82) is 0 Å². The standard InChI is InChI=1S/C20H28N6O2/c1-12(11-28-4)20(27)24-16-10-15-6-7-17(16)26(15)19-13(2)18(22-14(3)23-19)25-9-5-8-21-25/h5,8-9,12,15-17H,6-7,10-11H2,1-4H3,(H,24,27)/t12?,15-,16+,17+/m0/s1. The minimum absolute atomic E-state index is 0.0622. The highest BCUT2D eigenvalue weighted by molar-refractivity contribution is 5.79. The van der Waals surface area contributed by atoms with Crippen molar-refractivity contribution in [2.24, 2.45) is 5.92 Å². The largest absolute Gasteiger partial charge is 0.384 e. The van der Waals surface area contributed by atoms with Gasteiger partial charge in [0, 0.05) is 31.1 Å². The second kappa shape index (κ2) is 7.50. The van der Waals surface area contributed by atoms with Crippen molar-refractivity contribution in [3.63, 3.8) is 0 Å². The van der Waals surface area contributed by atoms with Gasteiger partial charge in [-0.3, -0.25) is 4.79 Å². The first-order valence-corrected chi connectivity index (χ1v) is 9.92. The molecule has 2 aliphatic rings. The molecule has 4 atom stereocenters. The first-order chi connectivity index (χ1) is 13.5. The van der Waals surface area contributed by atoms with Crippen molar-refractivity contribution < 1.29 is 9.53 Å². The van der Waals surface area contributed by atoms with Crippen LogP contribution in [0.3, 0.4) is 0 Å². The van der Waals surface area contributed by atoms with Crippen LogP contribution in [0.1, 0.15) is 37.6 Å². The molecule has 1 amide bonds. The van der Waals surface area contributed by atoms with E-state index in [1.807, 2.05) is 26.1 Å². The fraction of sp³-hybridized carbons (Fsp3) is 0.600. The van der Waals surface area contributed by atoms with Crippen molar-refractivity contribution in [2.75, 3.05) is 18.6 Å². The van der Waals surface area contributed by atoms with Gasteiger partial charge < -0.3 is 15.0 Å². The number of nitrogens with one attached hydrogen (secondary N) is 1. The van der Waals surface area contributed by atoms with Gasteiger partial charge in [-0.05, 0) is 39.2 Å². The number of ether oxygens (including phenoxy) is 1. The summed E-state index contributed by atoms with van der Waals surface area (Å²) in [5, 5.41) is 7.59. The zero-order chi connectivity index (χ0) is 19.8. The summed E-state index contributed by atoms with van der Waals surface area (Å²) >= 11 is 0. The van der Waals surface area contributed by atoms with Crippen LogP contribution in [-0.4, -0.2) is 57.5 Å². The van der Waals surface area contributed by atoms with Crippen LogP contribution in [0.2, 0.25) is 0 Å². The Kier molecular flexibility index (Phi) is 5.05. The first kappa shape index (κ1) is 18.9. The second-order valence-corrected chi connectivity index (χ2v) is 7.91. The summed E-state index contributed by atoms with van der Waals surface area (Å²) in [6, 6.07) is 2.70. The highest BCUT2D eigenvalue weighted by atomic mass is 16.5. The Labute approximate surface area is 165 Å². The van der Waals surface area contributed by atoms with E-state index < -0.39 is 0 Å². The third-order valence-corrected chi connectivity index (χ3v) is 5.90. The monoisotopic (exact) mass is 384 g/mol. The Bertz CT molecular complexity index is 853. The minimum atomic E-state index is -0.146. The molecule has 2 aromatic heterocycles. The van der Waals surface area contributed by atoms with Gasteiger partial charge in [0.05, 0.1) is 24.6 Å². The fourth-order valence-corrected chi connectivity index (χ4v) is 4.59. The van der Waals surface area contributed by atoms with E-state index in [1.165, 1.54) is 0 Å². The van der Waals surface area contributed by atoms with Crippen LogP contribution in [0.15, 0.2) is 18.5 Å². The highest BCUT2D eigenvalue weighted by Gasteiger charge is 2.48. The number of hydrogen-bond acceptors (Lipinski definition) is 6. The third kappa shape index (κ3) is 3.26. The minimum Gasteiger partial charge on any atom is -0.384 e. The van der Waals surface area contributed by atoms with Crippen molar-refractivity contribution >= 4 is 11.7 Å². The lowest BCUT2D eigenvalue weighted by molar-refractivity contribution is -0.126. The molecule has 0 saturated carbocycles. The van der Waals surface area contributed by atoms with Crippen LogP contribution in [-0.2, 0) is 9.53 Å². The van der Waals surface area contributed by atoms with Crippen molar-refractivity contribution in [3.8, 4) is 5.82 Å². The third-order valence-electron chi connectivity index (χ3n) is 5.90. The zero-order valence-corrected chi connectivity index (χ0v) is 16.9. The molecule has 2 aromatic rings. The van der Waals surface area contributed by atoms with Crippen LogP contribution in [0.4, 0.5) is 5.82 Å². The van der Waals surface area contributed by atoms with Crippen LogP contribution in [0, 0.1) is 19.8 Å². The zero-order valence-electron chi connectivity index (χ0n) is 16.9. The predicted octanol–water partition coefficient (Wildman–Crippen LogP) is 1.79. The van der Waals surface area contributed by atoms with E-state index in [0.717, 1.165) is 42.3 Å². The van der Waals surface area contributed by atoms with Gasteiger partial charge in [-0.15, -0.1) is 0 Å². The summed E-state index contributed by atoms with van der Waals surface area (Å²) in [5.74, 6) is 2.42. The Balaban J connectivity index is 1.60. The Morgan fingerprint density at radius 3 is 2.82 bits per heavy atom. The number of methoxy groups -OCH3 is 1. The van der Waals surface area contributed by atoms with Crippen LogP contribution >= 0.6 is 0 Å². The Morgan fingerprint density at radius 2 is 2.11 bits per heavy atom. The number of anilines is 1. The number of aromatic nitrogens is 4. The smallest absolute Gasteiger partial charge is 0.225 e. The molecule has 0 spiro atoms. The van der Waals surface area contributed by atoms with E-state index in [-0.39, 0.29) is 23.9 Å². The second-order valence-electron chi connectivity index (χ2n) is 7.91. The highest BCUT2D eigenvalue weighted by Crippen LogP contribution is 2.42. The van der Waals surface area contributed by atoms with E-state index in [2.05, 4.69) is 27.2 Å². The lowest BCUT2D eigenvalue weighted by Gasteiger charge is -2.28. The van der Waals surface area contributed by atoms with Crippen molar-refractivity contribution in [2.45, 2.75) is 58.2 Å². The molecule has 0 aliphatic carbocycles. The van der Waals surface area contributed by atoms with Crippen molar-refractivity contribution in [3.05, 3.63) is 29.8 Å². The summed E-state index contributed by atoms with van der Waals surface area (Å²) < 4.78 is 6.91. The maximum atomic E-state index is 12.5. The summed E-state index contributed by atoms with van der Waals surface area (Å²) in [4.78, 5) is 24.3. The summed E-state index contributed by atoms with van der Waals surface area (Å²) in [7, 11) is 1.63. The van der Waals surface area contributed by atoms with Crippen molar-refractivity contribution in [1.82, 2.24) is 25.1 Å². The van der Waals surface area contributed by atoms with Gasteiger partial charge in [-0.25, -0.2) is 14.6 Å². The van der Waals surface area contributed by atoms with Crippen LogP contribution in [0.5, 0.6) is 0 Å². The molecule has 1 unspecified atom stereocenters. The molecule has 2 aliphatic heterocycles. The molecule has 0 aromatic carbocycles. The number of rotatable bonds is 6. The van der Waals surface area contributed by atoms with Gasteiger partial charge in [0.25, 0.3) is 0 Å². The maximum absolute atomic E-state index is 12.5. The molecule has 150 valence electrons. The van der Waals surface area contributed by atoms with E-state index in [4.69, 9.17) is 9.72 Å². The molecule has 4 rings (SSSR count). The molecule has 2 bridgehead atoms. The molecule has 28 heavy (non-hydrogen) atoms. The van der Waals surface area contributed by atoms with E-state index in [0.29, 0.717) is 12.6 Å². The first-order valence-electron chi connectivity index (χ1n) is 9.92. The SMILES string of the molecule is COCC(C)C(=O)N[C@@H]1C[C@@H]2CC[C@H]1N2c1nc(C)nc(-n2cccn2)c1C. The number of amides is 1. The number of aryl methyl sites for hydroxylation is 1. The number of hydrogen-bond donors (Lipinski definition) is 1. The average Bonchev–Trinajstić information content (AvgIpc) is 3.39. The maximum Gasteiger partial charge on any atom is 0.225 e. The molecule has 2 fully saturated rings. The molecule has 4 heterocycles. The lowest BCUT2D eigenvalue weighted by Crippen LogP contribution is -2.46. The van der Waals surface area contributed by atoms with Gasteiger partial charge in [0.1, 0.15) is 11.6 Å². The average molecular weight is 384 g/mol. The topological polar surface area (TPSA) is 85.2 Å². The molecule has 1 N–H and O–H groups in total. The molecule has 8 heteroatoms. The lowest BCUT2D eigenvalue weighted by atomic mass is 9.95. The number of carbonyl (C=O) groups excluding carboxylic acids is 1. The molecule has 8 nitrogen and oxygen atoms in total. The summed E-state index contributed by atoms with van der Waals surface area (Å²) in [6.45, 7) is 6.31. The van der Waals surface area contributed by atoms with Gasteiger partial charge >= 0.3 is 0 Å². The quantitative estimate of drug-likeness (QED) is 0.817. The van der Waals surface area contributed by atoms with Gasteiger partial charge in [0.2, 0.25) is 5.91 Å². The Hall–Kier alpha value is -2.48. The van der Waals surface area contributed by atoms with E-state index >= 15 is 0 Å². The number of nitrogens with zero attached hydrogens (tertiary/aromatic N) is 5. The number of carbonyl (C=O) groups is 1. The molecule has 0 radical (unpaired) electrons. The van der Waals surface area contributed by atoms with Gasteiger partial charge in [-0.1, -0.05) is 6.92 Å². The fourth-order valence-electron chi connectivity index (χ4n) is 4.59. The van der Waals surface area contributed by atoms with Gasteiger partial charge in [-0.2, -0.15) is 5.10 Å². The molecule has 2 saturated heterocycles. The predicted molar refractivity (Wildman–Crippen MR) is 106 cm³/mol. The van der Waals surface area contributed by atoms with E-state index in [9.17, 15) is 4.79 Å². The summed E-state index contributed by atoms with van der Waals surface area (Å²) in [5.41, 5.74) is 1.02. The van der Waals surface area contributed by atoms with Gasteiger partial charge in [0.15, 0.2) is 5.82 Å². The summed E-state index contributed by atoms with van der Waals surface area (Å²) in [6.07, 6.45) is 6.80. The van der Waals surface area contributed by atoms with Crippen LogP contribution in [0.25, 0.3) is 5.82 Å². The van der Waals surface area contributed by atoms with E-state index in [1.54, 1.807) is 18.0 Å². The van der Waals surface area contributed by atoms with Crippen LogP contribution < -0.4 is 10.2 Å². The molecular weight excluding hydrogens is 356 g/mol. The Morgan fingerprint density at radius 1 is 1.32 bits per heavy atom.